The number of amides is 1. The van der Waals surface area contributed by atoms with Crippen LogP contribution in [0.5, 0.6) is 0 Å². The predicted octanol–water partition coefficient (Wildman–Crippen LogP) is 3.27. The smallest absolute Gasteiger partial charge is 0.252 e. The van der Waals surface area contributed by atoms with E-state index in [0.717, 1.165) is 36.7 Å². The summed E-state index contributed by atoms with van der Waals surface area (Å²) in [6.45, 7) is 9.80. The van der Waals surface area contributed by atoms with Crippen molar-refractivity contribution in [2.45, 2.75) is 20.8 Å². The van der Waals surface area contributed by atoms with Gasteiger partial charge in [-0.3, -0.25) is 4.79 Å². The molecule has 2 N–H and O–H groups in total. The molecule has 0 radical (unpaired) electrons. The fourth-order valence-corrected chi connectivity index (χ4v) is 2.81. The number of carbonyl (C=O) groups excluding carboxylic acids is 1. The first-order valence-electron chi connectivity index (χ1n) is 9.46. The lowest BCUT2D eigenvalue weighted by Crippen LogP contribution is -2.31. The molecule has 6 heteroatoms. The molecule has 0 aliphatic heterocycles. The second kappa shape index (κ2) is 9.92. The van der Waals surface area contributed by atoms with Gasteiger partial charge < -0.3 is 20.4 Å². The Labute approximate surface area is 162 Å². The average Bonchev–Trinajstić information content (AvgIpc) is 2.65. The van der Waals surface area contributed by atoms with Crippen LogP contribution in [0.1, 0.15) is 29.8 Å². The van der Waals surface area contributed by atoms with E-state index in [1.165, 1.54) is 5.69 Å². The van der Waals surface area contributed by atoms with Crippen LogP contribution in [0, 0.1) is 6.92 Å². The van der Waals surface area contributed by atoms with E-state index in [1.54, 1.807) is 12.3 Å². The summed E-state index contributed by atoms with van der Waals surface area (Å²) in [6.07, 6.45) is 1.60. The van der Waals surface area contributed by atoms with Gasteiger partial charge in [0.2, 0.25) is 0 Å². The summed E-state index contributed by atoms with van der Waals surface area (Å²) in [5, 5.41) is 6.22. The molecule has 1 heterocycles. The predicted molar refractivity (Wildman–Crippen MR) is 113 cm³/mol. The second-order valence-electron chi connectivity index (χ2n) is 6.79. The van der Waals surface area contributed by atoms with Crippen molar-refractivity contribution in [3.05, 3.63) is 47.7 Å². The summed E-state index contributed by atoms with van der Waals surface area (Å²) in [5.41, 5.74) is 3.96. The Morgan fingerprint density at radius 3 is 2.41 bits per heavy atom. The van der Waals surface area contributed by atoms with Crippen molar-refractivity contribution in [2.24, 2.45) is 0 Å². The standard InChI is InChI=1S/C21H31N5O/c1-6-26(7-2)18-9-10-19(16(3)14-18)24-20-11-8-17(15-23-20)21(27)22-12-13-25(4)5/h8-11,14-15H,6-7,12-13H2,1-5H3,(H,22,27)(H,23,24). The fraction of sp³-hybridized carbons (Fsp3) is 0.429. The largest absolute Gasteiger partial charge is 0.372 e. The summed E-state index contributed by atoms with van der Waals surface area (Å²) < 4.78 is 0. The zero-order chi connectivity index (χ0) is 19.8. The number of hydrogen-bond donors (Lipinski definition) is 2. The fourth-order valence-electron chi connectivity index (χ4n) is 2.81. The second-order valence-corrected chi connectivity index (χ2v) is 6.79. The van der Waals surface area contributed by atoms with Crippen LogP contribution in [-0.2, 0) is 0 Å². The summed E-state index contributed by atoms with van der Waals surface area (Å²) in [6, 6.07) is 10.0. The van der Waals surface area contributed by atoms with E-state index in [9.17, 15) is 4.79 Å². The molecule has 2 aromatic rings. The normalized spacial score (nSPS) is 10.7. The zero-order valence-corrected chi connectivity index (χ0v) is 17.0. The van der Waals surface area contributed by atoms with Gasteiger partial charge in [0.1, 0.15) is 5.82 Å². The van der Waals surface area contributed by atoms with Crippen molar-refractivity contribution < 1.29 is 4.79 Å². The van der Waals surface area contributed by atoms with Crippen LogP contribution in [0.2, 0.25) is 0 Å². The summed E-state index contributed by atoms with van der Waals surface area (Å²) in [4.78, 5) is 20.8. The molecule has 0 aliphatic rings. The number of likely N-dealkylation sites (N-methyl/N-ethyl adjacent to an activating group) is 1. The van der Waals surface area contributed by atoms with E-state index in [4.69, 9.17) is 0 Å². The molecule has 27 heavy (non-hydrogen) atoms. The molecule has 0 aliphatic carbocycles. The van der Waals surface area contributed by atoms with Crippen molar-refractivity contribution in [1.29, 1.82) is 0 Å². The number of benzene rings is 1. The lowest BCUT2D eigenvalue weighted by atomic mass is 10.1. The van der Waals surface area contributed by atoms with Crippen LogP contribution in [0.4, 0.5) is 17.2 Å². The molecule has 0 saturated heterocycles. The topological polar surface area (TPSA) is 60.5 Å². The van der Waals surface area contributed by atoms with Crippen LogP contribution in [0.3, 0.4) is 0 Å². The number of carbonyl (C=O) groups is 1. The summed E-state index contributed by atoms with van der Waals surface area (Å²) >= 11 is 0. The molecule has 1 amide bonds. The minimum Gasteiger partial charge on any atom is -0.372 e. The van der Waals surface area contributed by atoms with Gasteiger partial charge in [-0.05, 0) is 70.8 Å². The lowest BCUT2D eigenvalue weighted by Gasteiger charge is -2.22. The molecule has 0 bridgehead atoms. The number of rotatable bonds is 9. The number of hydrogen-bond acceptors (Lipinski definition) is 5. The van der Waals surface area contributed by atoms with Crippen LogP contribution >= 0.6 is 0 Å². The van der Waals surface area contributed by atoms with Gasteiger partial charge in [0, 0.05) is 43.8 Å². The number of aryl methyl sites for hydroxylation is 1. The quantitative estimate of drug-likeness (QED) is 0.710. The van der Waals surface area contributed by atoms with Crippen LogP contribution in [0.25, 0.3) is 0 Å². The lowest BCUT2D eigenvalue weighted by molar-refractivity contribution is 0.0950. The van der Waals surface area contributed by atoms with Crippen molar-refractivity contribution in [2.75, 3.05) is 50.5 Å². The van der Waals surface area contributed by atoms with Crippen molar-refractivity contribution in [3.63, 3.8) is 0 Å². The van der Waals surface area contributed by atoms with E-state index in [-0.39, 0.29) is 5.91 Å². The van der Waals surface area contributed by atoms with Gasteiger partial charge in [-0.1, -0.05) is 0 Å². The first-order valence-corrected chi connectivity index (χ1v) is 9.46. The molecule has 0 fully saturated rings. The molecular formula is C21H31N5O. The van der Waals surface area contributed by atoms with Gasteiger partial charge in [-0.25, -0.2) is 4.98 Å². The monoisotopic (exact) mass is 369 g/mol. The maximum absolute atomic E-state index is 12.1. The minimum absolute atomic E-state index is 0.101. The SMILES string of the molecule is CCN(CC)c1ccc(Nc2ccc(C(=O)NCCN(C)C)cn2)c(C)c1. The molecule has 0 spiro atoms. The first kappa shape index (κ1) is 20.7. The molecular weight excluding hydrogens is 338 g/mol. The van der Waals surface area contributed by atoms with Crippen LogP contribution < -0.4 is 15.5 Å². The minimum atomic E-state index is -0.101. The molecule has 0 unspecified atom stereocenters. The highest BCUT2D eigenvalue weighted by molar-refractivity contribution is 5.94. The Hall–Kier alpha value is -2.60. The molecule has 6 nitrogen and oxygen atoms in total. The highest BCUT2D eigenvalue weighted by Crippen LogP contribution is 2.25. The molecule has 146 valence electrons. The zero-order valence-electron chi connectivity index (χ0n) is 17.0. The first-order chi connectivity index (χ1) is 12.9. The molecule has 0 atom stereocenters. The number of nitrogens with one attached hydrogen (secondary N) is 2. The Morgan fingerprint density at radius 2 is 1.85 bits per heavy atom. The van der Waals surface area contributed by atoms with Crippen molar-refractivity contribution in [3.8, 4) is 0 Å². The van der Waals surface area contributed by atoms with Gasteiger partial charge in [-0.15, -0.1) is 0 Å². The number of aromatic nitrogens is 1. The maximum Gasteiger partial charge on any atom is 0.252 e. The van der Waals surface area contributed by atoms with E-state index in [1.807, 2.05) is 25.1 Å². The number of pyridine rings is 1. The van der Waals surface area contributed by atoms with Gasteiger partial charge in [-0.2, -0.15) is 0 Å². The Balaban J connectivity index is 2.01. The van der Waals surface area contributed by atoms with E-state index in [0.29, 0.717) is 12.1 Å². The van der Waals surface area contributed by atoms with Crippen molar-refractivity contribution in [1.82, 2.24) is 15.2 Å². The summed E-state index contributed by atoms with van der Waals surface area (Å²) in [7, 11) is 3.95. The highest BCUT2D eigenvalue weighted by Gasteiger charge is 2.08. The molecule has 0 saturated carbocycles. The number of anilines is 3. The van der Waals surface area contributed by atoms with Gasteiger partial charge in [0.15, 0.2) is 0 Å². The van der Waals surface area contributed by atoms with E-state index >= 15 is 0 Å². The van der Waals surface area contributed by atoms with Crippen LogP contribution in [0.15, 0.2) is 36.5 Å². The third-order valence-corrected chi connectivity index (χ3v) is 4.47. The highest BCUT2D eigenvalue weighted by atomic mass is 16.1. The molecule has 1 aromatic heterocycles. The van der Waals surface area contributed by atoms with Gasteiger partial charge in [0.25, 0.3) is 5.91 Å². The third kappa shape index (κ3) is 5.96. The average molecular weight is 370 g/mol. The Kier molecular flexibility index (Phi) is 7.61. The van der Waals surface area contributed by atoms with Crippen molar-refractivity contribution >= 4 is 23.1 Å². The maximum atomic E-state index is 12.1. The molecule has 1 aromatic carbocycles. The third-order valence-electron chi connectivity index (χ3n) is 4.47. The Bertz CT molecular complexity index is 739. The number of nitrogens with zero attached hydrogens (tertiary/aromatic N) is 3. The van der Waals surface area contributed by atoms with E-state index < -0.39 is 0 Å². The Morgan fingerprint density at radius 1 is 1.11 bits per heavy atom. The van der Waals surface area contributed by atoms with Gasteiger partial charge in [0.05, 0.1) is 5.56 Å². The summed E-state index contributed by atoms with van der Waals surface area (Å²) in [5.74, 6) is 0.620. The van der Waals surface area contributed by atoms with Gasteiger partial charge >= 0.3 is 0 Å². The van der Waals surface area contributed by atoms with Crippen LogP contribution in [-0.4, -0.2) is 56.1 Å². The molecule has 2 rings (SSSR count). The van der Waals surface area contributed by atoms with E-state index in [2.05, 4.69) is 59.5 Å².